The Balaban J connectivity index is 2.97. The van der Waals surface area contributed by atoms with Gasteiger partial charge in [0, 0.05) is 14.1 Å². The van der Waals surface area contributed by atoms with E-state index in [0.29, 0.717) is 0 Å². The van der Waals surface area contributed by atoms with Crippen LogP contribution >= 0.6 is 0 Å². The third-order valence-corrected chi connectivity index (χ3v) is 1.78. The van der Waals surface area contributed by atoms with Gasteiger partial charge in [0.2, 0.25) is 0 Å². The van der Waals surface area contributed by atoms with E-state index in [1.807, 2.05) is 0 Å². The van der Waals surface area contributed by atoms with E-state index in [2.05, 4.69) is 5.32 Å². The first kappa shape index (κ1) is 11.2. The van der Waals surface area contributed by atoms with Crippen LogP contribution in [0.4, 0.5) is 25.0 Å². The number of halogens is 2. The zero-order valence-corrected chi connectivity index (χ0v) is 8.34. The number of benzene rings is 1. The van der Waals surface area contributed by atoms with E-state index < -0.39 is 23.4 Å². The molecule has 1 aromatic rings. The molecule has 6 heteroatoms. The molecular weight excluding hydrogens is 204 g/mol. The van der Waals surface area contributed by atoms with Gasteiger partial charge in [-0.3, -0.25) is 0 Å². The zero-order chi connectivity index (χ0) is 11.6. The van der Waals surface area contributed by atoms with Crippen LogP contribution in [0.1, 0.15) is 0 Å². The van der Waals surface area contributed by atoms with E-state index in [4.69, 9.17) is 5.73 Å². The molecule has 15 heavy (non-hydrogen) atoms. The van der Waals surface area contributed by atoms with Crippen LogP contribution in [-0.4, -0.2) is 25.0 Å². The number of amides is 2. The van der Waals surface area contributed by atoms with Gasteiger partial charge < -0.3 is 16.0 Å². The number of nitrogens with zero attached hydrogens (tertiary/aromatic N) is 1. The standard InChI is InChI=1S/C9H11F2N3O/c1-14(2)9(15)13-6-4-3-5(10)7(11)8(6)12/h3-4H,12H2,1-2H3,(H,13,15). The Bertz CT molecular complexity index is 393. The lowest BCUT2D eigenvalue weighted by Crippen LogP contribution is -2.27. The number of rotatable bonds is 1. The van der Waals surface area contributed by atoms with E-state index in [0.717, 1.165) is 6.07 Å². The summed E-state index contributed by atoms with van der Waals surface area (Å²) in [6.45, 7) is 0. The van der Waals surface area contributed by atoms with Crippen molar-refractivity contribution in [3.63, 3.8) is 0 Å². The first-order valence-corrected chi connectivity index (χ1v) is 4.15. The monoisotopic (exact) mass is 215 g/mol. The van der Waals surface area contributed by atoms with Crippen molar-refractivity contribution in [1.29, 1.82) is 0 Å². The maximum Gasteiger partial charge on any atom is 0.321 e. The minimum Gasteiger partial charge on any atom is -0.395 e. The molecule has 0 saturated carbocycles. The molecule has 0 aromatic heterocycles. The summed E-state index contributed by atoms with van der Waals surface area (Å²) in [5, 5.41) is 2.33. The molecule has 0 fully saturated rings. The molecule has 4 nitrogen and oxygen atoms in total. The summed E-state index contributed by atoms with van der Waals surface area (Å²) in [5.41, 5.74) is 4.92. The van der Waals surface area contributed by atoms with Gasteiger partial charge in [0.25, 0.3) is 0 Å². The van der Waals surface area contributed by atoms with Crippen LogP contribution in [0.15, 0.2) is 12.1 Å². The summed E-state index contributed by atoms with van der Waals surface area (Å²) >= 11 is 0. The van der Waals surface area contributed by atoms with Crippen molar-refractivity contribution in [2.75, 3.05) is 25.1 Å². The van der Waals surface area contributed by atoms with Gasteiger partial charge in [0.1, 0.15) is 0 Å². The Morgan fingerprint density at radius 2 is 2.00 bits per heavy atom. The van der Waals surface area contributed by atoms with Gasteiger partial charge in [0.05, 0.1) is 11.4 Å². The first-order chi connectivity index (χ1) is 6.93. The Morgan fingerprint density at radius 3 is 2.53 bits per heavy atom. The number of carbonyl (C=O) groups is 1. The second-order valence-corrected chi connectivity index (χ2v) is 3.15. The molecule has 0 aliphatic heterocycles. The first-order valence-electron chi connectivity index (χ1n) is 4.15. The largest absolute Gasteiger partial charge is 0.395 e. The summed E-state index contributed by atoms with van der Waals surface area (Å²) in [6, 6.07) is 1.64. The fourth-order valence-corrected chi connectivity index (χ4v) is 0.902. The molecule has 0 aliphatic carbocycles. The Morgan fingerprint density at radius 1 is 1.40 bits per heavy atom. The fraction of sp³-hybridized carbons (Fsp3) is 0.222. The summed E-state index contributed by atoms with van der Waals surface area (Å²) in [6.07, 6.45) is 0. The molecule has 0 radical (unpaired) electrons. The minimum absolute atomic E-state index is 0.0487. The van der Waals surface area contributed by atoms with Gasteiger partial charge in [-0.2, -0.15) is 0 Å². The predicted molar refractivity (Wildman–Crippen MR) is 53.5 cm³/mol. The van der Waals surface area contributed by atoms with Crippen LogP contribution in [0.2, 0.25) is 0 Å². The highest BCUT2D eigenvalue weighted by molar-refractivity contribution is 5.92. The second kappa shape index (κ2) is 4.12. The summed E-state index contributed by atoms with van der Waals surface area (Å²) in [5.74, 6) is -2.21. The summed E-state index contributed by atoms with van der Waals surface area (Å²) < 4.78 is 25.7. The maximum atomic E-state index is 13.0. The molecule has 0 unspecified atom stereocenters. The topological polar surface area (TPSA) is 58.4 Å². The van der Waals surface area contributed by atoms with Crippen molar-refractivity contribution in [3.8, 4) is 0 Å². The van der Waals surface area contributed by atoms with E-state index >= 15 is 0 Å². The lowest BCUT2D eigenvalue weighted by molar-refractivity contribution is 0.230. The Kier molecular flexibility index (Phi) is 3.08. The highest BCUT2D eigenvalue weighted by Crippen LogP contribution is 2.23. The number of nitrogen functional groups attached to an aromatic ring is 1. The average Bonchev–Trinajstić information content (AvgIpc) is 2.18. The van der Waals surface area contributed by atoms with Gasteiger partial charge in [-0.25, -0.2) is 13.6 Å². The van der Waals surface area contributed by atoms with Crippen LogP contribution in [0.3, 0.4) is 0 Å². The van der Waals surface area contributed by atoms with Crippen LogP contribution in [-0.2, 0) is 0 Å². The minimum atomic E-state index is -1.16. The van der Waals surface area contributed by atoms with E-state index in [-0.39, 0.29) is 5.69 Å². The predicted octanol–water partition coefficient (Wildman–Crippen LogP) is 1.64. The molecular formula is C9H11F2N3O. The van der Waals surface area contributed by atoms with Crippen LogP contribution < -0.4 is 11.1 Å². The summed E-state index contributed by atoms with van der Waals surface area (Å²) in [7, 11) is 3.04. The smallest absolute Gasteiger partial charge is 0.321 e. The van der Waals surface area contributed by atoms with E-state index in [1.165, 1.54) is 25.1 Å². The SMILES string of the molecule is CN(C)C(=O)Nc1ccc(F)c(F)c1N. The van der Waals surface area contributed by atoms with Gasteiger partial charge in [-0.15, -0.1) is 0 Å². The second-order valence-electron chi connectivity index (χ2n) is 3.15. The van der Waals surface area contributed by atoms with Crippen LogP contribution in [0, 0.1) is 11.6 Å². The Hall–Kier alpha value is -1.85. The van der Waals surface area contributed by atoms with E-state index in [9.17, 15) is 13.6 Å². The Labute approximate surface area is 85.7 Å². The highest BCUT2D eigenvalue weighted by Gasteiger charge is 2.12. The third kappa shape index (κ3) is 2.34. The van der Waals surface area contributed by atoms with Crippen LogP contribution in [0.5, 0.6) is 0 Å². The molecule has 0 spiro atoms. The van der Waals surface area contributed by atoms with Gasteiger partial charge in [-0.1, -0.05) is 0 Å². The van der Waals surface area contributed by atoms with Crippen molar-refractivity contribution in [2.24, 2.45) is 0 Å². The fourth-order valence-electron chi connectivity index (χ4n) is 0.902. The molecule has 2 amide bonds. The molecule has 0 atom stereocenters. The molecule has 0 aliphatic rings. The molecule has 1 aromatic carbocycles. The number of hydrogen-bond donors (Lipinski definition) is 2. The number of anilines is 2. The van der Waals surface area contributed by atoms with Crippen LogP contribution in [0.25, 0.3) is 0 Å². The molecule has 0 heterocycles. The normalized spacial score (nSPS) is 9.87. The lowest BCUT2D eigenvalue weighted by Gasteiger charge is -2.13. The number of nitrogens with two attached hydrogens (primary N) is 1. The van der Waals surface area contributed by atoms with Crippen molar-refractivity contribution < 1.29 is 13.6 Å². The maximum absolute atomic E-state index is 13.0. The van der Waals surface area contributed by atoms with Gasteiger partial charge >= 0.3 is 6.03 Å². The molecule has 1 rings (SSSR count). The highest BCUT2D eigenvalue weighted by atomic mass is 19.2. The summed E-state index contributed by atoms with van der Waals surface area (Å²) in [4.78, 5) is 12.5. The van der Waals surface area contributed by atoms with Crippen molar-refractivity contribution in [2.45, 2.75) is 0 Å². The third-order valence-electron chi connectivity index (χ3n) is 1.78. The number of hydrogen-bond acceptors (Lipinski definition) is 2. The molecule has 0 saturated heterocycles. The average molecular weight is 215 g/mol. The molecule has 82 valence electrons. The number of nitrogens with one attached hydrogen (secondary N) is 1. The zero-order valence-electron chi connectivity index (χ0n) is 8.34. The van der Waals surface area contributed by atoms with Crippen molar-refractivity contribution in [3.05, 3.63) is 23.8 Å². The van der Waals surface area contributed by atoms with Gasteiger partial charge in [0.15, 0.2) is 11.6 Å². The van der Waals surface area contributed by atoms with E-state index in [1.54, 1.807) is 0 Å². The van der Waals surface area contributed by atoms with Gasteiger partial charge in [-0.05, 0) is 12.1 Å². The van der Waals surface area contributed by atoms with Crippen molar-refractivity contribution in [1.82, 2.24) is 4.90 Å². The quantitative estimate of drug-likeness (QED) is 0.699. The number of urea groups is 1. The van der Waals surface area contributed by atoms with Crippen molar-refractivity contribution >= 4 is 17.4 Å². The number of carbonyl (C=O) groups excluding carboxylic acids is 1. The lowest BCUT2D eigenvalue weighted by atomic mass is 10.2. The molecule has 3 N–H and O–H groups in total. The molecule has 0 bridgehead atoms.